The van der Waals surface area contributed by atoms with Crippen molar-refractivity contribution >= 4 is 21.9 Å². The lowest BCUT2D eigenvalue weighted by atomic mass is 10.2. The third-order valence-corrected chi connectivity index (χ3v) is 4.44. The largest absolute Gasteiger partial charge is 0.479 e. The number of carboxylic acids is 1. The van der Waals surface area contributed by atoms with E-state index in [4.69, 9.17) is 10.2 Å². The van der Waals surface area contributed by atoms with Gasteiger partial charge in [0.25, 0.3) is 0 Å². The molecule has 0 aromatic heterocycles. The van der Waals surface area contributed by atoms with Crippen molar-refractivity contribution in [3.8, 4) is 0 Å². The number of nitrogens with zero attached hydrogens (tertiary/aromatic N) is 1. The number of hydrogen-bond donors (Lipinski definition) is 2. The molecule has 2 fully saturated rings. The number of likely N-dealkylation sites (tertiary alicyclic amines) is 1. The maximum absolute atomic E-state index is 11.6. The smallest absolute Gasteiger partial charge is 0.329 e. The predicted molar refractivity (Wildman–Crippen MR) is 52.8 cm³/mol. The van der Waals surface area contributed by atoms with Crippen LogP contribution in [-0.2, 0) is 19.6 Å². The van der Waals surface area contributed by atoms with Crippen LogP contribution in [0.25, 0.3) is 0 Å². The third-order valence-electron chi connectivity index (χ3n) is 3.19. The van der Waals surface area contributed by atoms with E-state index in [0.29, 0.717) is 12.8 Å². The number of amides is 1. The Balaban J connectivity index is 2.21. The number of aliphatic carboxylic acids is 1. The zero-order chi connectivity index (χ0) is 12.1. The highest BCUT2D eigenvalue weighted by Crippen LogP contribution is 2.44. The van der Waals surface area contributed by atoms with Gasteiger partial charge in [-0.1, -0.05) is 0 Å². The van der Waals surface area contributed by atoms with Gasteiger partial charge in [0.2, 0.25) is 15.9 Å². The zero-order valence-corrected chi connectivity index (χ0v) is 9.24. The van der Waals surface area contributed by atoms with Gasteiger partial charge < -0.3 is 10.0 Å². The van der Waals surface area contributed by atoms with Crippen molar-refractivity contribution in [1.82, 2.24) is 4.90 Å². The number of rotatable bonds is 3. The van der Waals surface area contributed by atoms with Gasteiger partial charge in [0, 0.05) is 13.0 Å². The molecular formula is C8H12N2O5S. The Bertz CT molecular complexity index is 453. The van der Waals surface area contributed by atoms with Crippen molar-refractivity contribution in [3.05, 3.63) is 0 Å². The van der Waals surface area contributed by atoms with Crippen LogP contribution in [0, 0.1) is 0 Å². The molecule has 0 aromatic rings. The average Bonchev–Trinajstić information content (AvgIpc) is 2.84. The van der Waals surface area contributed by atoms with E-state index in [1.165, 1.54) is 0 Å². The molecular weight excluding hydrogens is 236 g/mol. The molecule has 1 saturated carbocycles. The first-order chi connectivity index (χ1) is 7.27. The summed E-state index contributed by atoms with van der Waals surface area (Å²) >= 11 is 0. The lowest BCUT2D eigenvalue weighted by molar-refractivity contribution is -0.150. The summed E-state index contributed by atoms with van der Waals surface area (Å²) in [5.41, 5.74) is -1.17. The SMILES string of the molecule is NS(=O)(=O)C1CC(=O)N(C2(C(=O)O)CC2)C1. The molecule has 2 aliphatic rings. The third kappa shape index (κ3) is 1.57. The first-order valence-electron chi connectivity index (χ1n) is 4.83. The molecule has 2 rings (SSSR count). The van der Waals surface area contributed by atoms with Crippen molar-refractivity contribution in [1.29, 1.82) is 0 Å². The molecule has 1 atom stereocenters. The molecule has 16 heavy (non-hydrogen) atoms. The molecule has 0 radical (unpaired) electrons. The van der Waals surface area contributed by atoms with Crippen LogP contribution in [0.15, 0.2) is 0 Å². The highest BCUT2D eigenvalue weighted by Gasteiger charge is 2.59. The van der Waals surface area contributed by atoms with Crippen LogP contribution in [0.2, 0.25) is 0 Å². The van der Waals surface area contributed by atoms with E-state index in [1.807, 2.05) is 0 Å². The number of primary sulfonamides is 1. The summed E-state index contributed by atoms with van der Waals surface area (Å²) in [4.78, 5) is 23.7. The minimum atomic E-state index is -3.78. The van der Waals surface area contributed by atoms with Gasteiger partial charge in [0.15, 0.2) is 0 Å². The van der Waals surface area contributed by atoms with Gasteiger partial charge in [-0.2, -0.15) is 0 Å². The number of carboxylic acid groups (broad SMARTS) is 1. The van der Waals surface area contributed by atoms with Crippen LogP contribution in [0.4, 0.5) is 0 Å². The Labute approximate surface area is 92.3 Å². The number of hydrogen-bond acceptors (Lipinski definition) is 4. The predicted octanol–water partition coefficient (Wildman–Crippen LogP) is -1.51. The summed E-state index contributed by atoms with van der Waals surface area (Å²) in [7, 11) is -3.78. The van der Waals surface area contributed by atoms with Crippen LogP contribution in [0.5, 0.6) is 0 Å². The molecule has 7 nitrogen and oxygen atoms in total. The van der Waals surface area contributed by atoms with Gasteiger partial charge in [-0.05, 0) is 12.8 Å². The Morgan fingerprint density at radius 2 is 2.06 bits per heavy atom. The molecule has 3 N–H and O–H groups in total. The minimum absolute atomic E-state index is 0.107. The van der Waals surface area contributed by atoms with E-state index >= 15 is 0 Å². The van der Waals surface area contributed by atoms with Gasteiger partial charge in [-0.15, -0.1) is 0 Å². The minimum Gasteiger partial charge on any atom is -0.479 e. The Morgan fingerprint density at radius 3 is 2.38 bits per heavy atom. The molecule has 1 amide bonds. The van der Waals surface area contributed by atoms with Crippen LogP contribution >= 0.6 is 0 Å². The number of carbonyl (C=O) groups is 2. The normalized spacial score (nSPS) is 28.2. The Morgan fingerprint density at radius 1 is 1.50 bits per heavy atom. The van der Waals surface area contributed by atoms with Crippen molar-refractivity contribution in [3.63, 3.8) is 0 Å². The van der Waals surface area contributed by atoms with Gasteiger partial charge in [-0.3, -0.25) is 4.79 Å². The van der Waals surface area contributed by atoms with E-state index < -0.39 is 32.7 Å². The summed E-state index contributed by atoms with van der Waals surface area (Å²) in [6, 6.07) is 0. The quantitative estimate of drug-likeness (QED) is 0.629. The first kappa shape index (κ1) is 11.3. The van der Waals surface area contributed by atoms with Gasteiger partial charge >= 0.3 is 5.97 Å². The monoisotopic (exact) mass is 248 g/mol. The van der Waals surface area contributed by atoms with E-state index in [2.05, 4.69) is 0 Å². The highest BCUT2D eigenvalue weighted by molar-refractivity contribution is 7.89. The highest BCUT2D eigenvalue weighted by atomic mass is 32.2. The molecule has 90 valence electrons. The molecule has 0 spiro atoms. The van der Waals surface area contributed by atoms with Gasteiger partial charge in [0.05, 0.1) is 0 Å². The lowest BCUT2D eigenvalue weighted by Crippen LogP contribution is -2.45. The van der Waals surface area contributed by atoms with Crippen LogP contribution in [-0.4, -0.2) is 47.6 Å². The summed E-state index contributed by atoms with van der Waals surface area (Å²) < 4.78 is 22.2. The molecule has 1 saturated heterocycles. The number of nitrogens with two attached hydrogens (primary N) is 1. The second-order valence-electron chi connectivity index (χ2n) is 4.26. The van der Waals surface area contributed by atoms with Gasteiger partial charge in [0.1, 0.15) is 10.8 Å². The summed E-state index contributed by atoms with van der Waals surface area (Å²) in [5.74, 6) is -1.52. The topological polar surface area (TPSA) is 118 Å². The summed E-state index contributed by atoms with van der Waals surface area (Å²) in [6.45, 7) is -0.107. The Hall–Kier alpha value is -1.15. The molecule has 1 aliphatic heterocycles. The van der Waals surface area contributed by atoms with Crippen LogP contribution < -0.4 is 5.14 Å². The van der Waals surface area contributed by atoms with Gasteiger partial charge in [-0.25, -0.2) is 18.4 Å². The zero-order valence-electron chi connectivity index (χ0n) is 8.42. The molecule has 1 aliphatic carbocycles. The molecule has 0 bridgehead atoms. The van der Waals surface area contributed by atoms with Crippen molar-refractivity contribution in [2.75, 3.05) is 6.54 Å². The van der Waals surface area contributed by atoms with Crippen molar-refractivity contribution in [2.45, 2.75) is 30.1 Å². The first-order valence-corrected chi connectivity index (χ1v) is 6.44. The van der Waals surface area contributed by atoms with E-state index in [1.54, 1.807) is 0 Å². The molecule has 0 aromatic carbocycles. The molecule has 1 unspecified atom stereocenters. The maximum Gasteiger partial charge on any atom is 0.329 e. The van der Waals surface area contributed by atoms with E-state index in [9.17, 15) is 18.0 Å². The van der Waals surface area contributed by atoms with E-state index in [0.717, 1.165) is 4.90 Å². The van der Waals surface area contributed by atoms with Crippen molar-refractivity contribution < 1.29 is 23.1 Å². The fourth-order valence-electron chi connectivity index (χ4n) is 2.03. The van der Waals surface area contributed by atoms with Crippen LogP contribution in [0.1, 0.15) is 19.3 Å². The standard InChI is InChI=1S/C8H12N2O5S/c9-16(14,15)5-3-6(11)10(4-5)8(1-2-8)7(12)13/h5H,1-4H2,(H,12,13)(H2,9,14,15). The summed E-state index contributed by atoms with van der Waals surface area (Å²) in [5, 5.41) is 13.0. The fraction of sp³-hybridized carbons (Fsp3) is 0.750. The fourth-order valence-corrected chi connectivity index (χ4v) is 2.76. The average molecular weight is 248 g/mol. The molecule has 8 heteroatoms. The molecule has 1 heterocycles. The number of sulfonamides is 1. The number of carbonyl (C=O) groups excluding carboxylic acids is 1. The Kier molecular flexibility index (Phi) is 2.25. The second kappa shape index (κ2) is 3.17. The second-order valence-corrected chi connectivity index (χ2v) is 6.10. The van der Waals surface area contributed by atoms with Crippen molar-refractivity contribution in [2.24, 2.45) is 5.14 Å². The lowest BCUT2D eigenvalue weighted by Gasteiger charge is -2.23. The van der Waals surface area contributed by atoms with Crippen LogP contribution in [0.3, 0.4) is 0 Å². The maximum atomic E-state index is 11.6. The van der Waals surface area contributed by atoms with E-state index in [-0.39, 0.29) is 13.0 Å². The summed E-state index contributed by atoms with van der Waals surface area (Å²) in [6.07, 6.45) is 0.546.